The average molecular weight is 239 g/mol. The lowest BCUT2D eigenvalue weighted by atomic mass is 10.5. The van der Waals surface area contributed by atoms with E-state index in [0.717, 1.165) is 5.13 Å². The summed E-state index contributed by atoms with van der Waals surface area (Å²) in [6.45, 7) is 0. The molecule has 2 heterocycles. The summed E-state index contributed by atoms with van der Waals surface area (Å²) < 4.78 is 12.7. The molecular weight excluding hydrogens is 230 g/mol. The van der Waals surface area contributed by atoms with Gasteiger partial charge in [0.2, 0.25) is 0 Å². The van der Waals surface area contributed by atoms with Crippen LogP contribution in [-0.4, -0.2) is 21.2 Å². The molecule has 0 spiro atoms. The first-order chi connectivity index (χ1) is 7.31. The zero-order valence-corrected chi connectivity index (χ0v) is 9.64. The van der Waals surface area contributed by atoms with Crippen LogP contribution in [0.3, 0.4) is 0 Å². The zero-order valence-electron chi connectivity index (χ0n) is 8.01. The van der Waals surface area contributed by atoms with Gasteiger partial charge in [-0.25, -0.2) is 14.2 Å². The quantitative estimate of drug-likeness (QED) is 0.886. The Labute approximate surface area is 93.9 Å². The van der Waals surface area contributed by atoms with Crippen molar-refractivity contribution in [1.82, 2.24) is 9.97 Å². The number of aromatic nitrogens is 2. The molecule has 0 aliphatic carbocycles. The molecule has 0 saturated carbocycles. The predicted octanol–water partition coefficient (Wildman–Crippen LogP) is 1.75. The fraction of sp³-hybridized carbons (Fsp3) is 0.111. The third kappa shape index (κ3) is 2.21. The number of hydrogen-bond acceptors (Lipinski definition) is 5. The minimum Gasteiger partial charge on any atom is -0.365 e. The van der Waals surface area contributed by atoms with E-state index in [1.165, 1.54) is 11.3 Å². The highest BCUT2D eigenvalue weighted by atomic mass is 32.2. The molecule has 1 unspecified atom stereocenters. The van der Waals surface area contributed by atoms with Gasteiger partial charge in [0.1, 0.15) is 20.0 Å². The van der Waals surface area contributed by atoms with Crippen molar-refractivity contribution >= 4 is 27.3 Å². The number of pyridine rings is 1. The summed E-state index contributed by atoms with van der Waals surface area (Å²) in [5.74, 6) is 0. The van der Waals surface area contributed by atoms with E-state index in [2.05, 4.69) is 15.3 Å². The van der Waals surface area contributed by atoms with Crippen molar-refractivity contribution in [3.8, 4) is 0 Å². The van der Waals surface area contributed by atoms with Crippen LogP contribution in [0.15, 0.2) is 39.8 Å². The Morgan fingerprint density at radius 2 is 2.27 bits per heavy atom. The molecule has 6 heteroatoms. The third-order valence-electron chi connectivity index (χ3n) is 1.71. The van der Waals surface area contributed by atoms with Gasteiger partial charge >= 0.3 is 0 Å². The van der Waals surface area contributed by atoms with Gasteiger partial charge in [0.15, 0.2) is 5.13 Å². The van der Waals surface area contributed by atoms with E-state index in [1.807, 2.05) is 6.07 Å². The Morgan fingerprint density at radius 3 is 2.87 bits per heavy atom. The molecule has 1 N–H and O–H groups in total. The summed E-state index contributed by atoms with van der Waals surface area (Å²) in [7, 11) is 0.561. The molecule has 78 valence electrons. The summed E-state index contributed by atoms with van der Waals surface area (Å²) >= 11 is 1.37. The van der Waals surface area contributed by atoms with Gasteiger partial charge in [0, 0.05) is 13.2 Å². The number of anilines is 1. The highest BCUT2D eigenvalue weighted by Crippen LogP contribution is 2.23. The molecule has 0 saturated heterocycles. The van der Waals surface area contributed by atoms with Crippen LogP contribution in [0.5, 0.6) is 0 Å². The van der Waals surface area contributed by atoms with Crippen molar-refractivity contribution in [3.05, 3.63) is 30.6 Å². The van der Waals surface area contributed by atoms with Gasteiger partial charge in [0.25, 0.3) is 0 Å². The fourth-order valence-corrected chi connectivity index (χ4v) is 3.03. The van der Waals surface area contributed by atoms with Crippen LogP contribution in [0.25, 0.3) is 0 Å². The van der Waals surface area contributed by atoms with Crippen molar-refractivity contribution in [2.24, 2.45) is 0 Å². The van der Waals surface area contributed by atoms with Gasteiger partial charge in [-0.05, 0) is 12.1 Å². The Morgan fingerprint density at radius 1 is 1.40 bits per heavy atom. The number of hydrogen-bond donors (Lipinski definition) is 1. The standard InChI is InChI=1S/C9H9N3OS2/c1-10-9-12-6-8(14-9)15(13)7-4-2-3-5-11-7/h2-6H,1H3,(H,10,12). The second-order valence-corrected chi connectivity index (χ2v) is 5.36. The van der Waals surface area contributed by atoms with Crippen molar-refractivity contribution in [2.75, 3.05) is 12.4 Å². The van der Waals surface area contributed by atoms with E-state index in [9.17, 15) is 4.21 Å². The van der Waals surface area contributed by atoms with Crippen LogP contribution in [0.4, 0.5) is 5.13 Å². The molecule has 0 fully saturated rings. The second-order valence-electron chi connectivity index (χ2n) is 2.67. The minimum absolute atomic E-state index is 0.559. The van der Waals surface area contributed by atoms with Gasteiger partial charge in [-0.3, -0.25) is 0 Å². The normalized spacial score (nSPS) is 12.3. The lowest BCUT2D eigenvalue weighted by Crippen LogP contribution is -1.92. The average Bonchev–Trinajstić information content (AvgIpc) is 2.78. The molecule has 2 aromatic heterocycles. The van der Waals surface area contributed by atoms with E-state index < -0.39 is 10.8 Å². The van der Waals surface area contributed by atoms with E-state index >= 15 is 0 Å². The number of nitrogens with zero attached hydrogens (tertiary/aromatic N) is 2. The number of nitrogens with one attached hydrogen (secondary N) is 1. The highest BCUT2D eigenvalue weighted by molar-refractivity contribution is 7.87. The molecular formula is C9H9N3OS2. The first-order valence-corrected chi connectivity index (χ1v) is 6.24. The molecule has 4 nitrogen and oxygen atoms in total. The molecule has 0 aliphatic heterocycles. The molecule has 0 amide bonds. The first-order valence-electron chi connectivity index (χ1n) is 4.27. The van der Waals surface area contributed by atoms with Crippen molar-refractivity contribution in [3.63, 3.8) is 0 Å². The van der Waals surface area contributed by atoms with E-state index in [-0.39, 0.29) is 0 Å². The summed E-state index contributed by atoms with van der Waals surface area (Å²) in [5, 5.41) is 4.22. The van der Waals surface area contributed by atoms with Crippen LogP contribution in [-0.2, 0) is 10.8 Å². The maximum atomic E-state index is 12.0. The third-order valence-corrected chi connectivity index (χ3v) is 4.31. The lowest BCUT2D eigenvalue weighted by Gasteiger charge is -1.95. The maximum Gasteiger partial charge on any atom is 0.183 e. The maximum absolute atomic E-state index is 12.0. The Hall–Kier alpha value is -1.27. The molecule has 0 aliphatic rings. The molecule has 0 bridgehead atoms. The van der Waals surface area contributed by atoms with Crippen LogP contribution in [0.1, 0.15) is 0 Å². The van der Waals surface area contributed by atoms with Crippen molar-refractivity contribution in [1.29, 1.82) is 0 Å². The highest BCUT2D eigenvalue weighted by Gasteiger charge is 2.11. The summed E-state index contributed by atoms with van der Waals surface area (Å²) in [6.07, 6.45) is 3.24. The smallest absolute Gasteiger partial charge is 0.183 e. The minimum atomic E-state index is -1.22. The van der Waals surface area contributed by atoms with Crippen LogP contribution in [0.2, 0.25) is 0 Å². The van der Waals surface area contributed by atoms with Crippen molar-refractivity contribution in [2.45, 2.75) is 9.24 Å². The largest absolute Gasteiger partial charge is 0.365 e. The topological polar surface area (TPSA) is 54.9 Å². The first kappa shape index (κ1) is 10.3. The Bertz CT molecular complexity index is 469. The second kappa shape index (κ2) is 4.50. The Kier molecular flexibility index (Phi) is 3.08. The fourth-order valence-electron chi connectivity index (χ4n) is 1.02. The number of thiazole rings is 1. The summed E-state index contributed by atoms with van der Waals surface area (Å²) in [5.41, 5.74) is 0. The molecule has 2 rings (SSSR count). The summed E-state index contributed by atoms with van der Waals surface area (Å²) in [6, 6.07) is 5.36. The predicted molar refractivity (Wildman–Crippen MR) is 60.6 cm³/mol. The summed E-state index contributed by atoms with van der Waals surface area (Å²) in [4.78, 5) is 8.12. The lowest BCUT2D eigenvalue weighted by molar-refractivity contribution is 0.681. The zero-order chi connectivity index (χ0) is 10.7. The molecule has 1 atom stereocenters. The monoisotopic (exact) mass is 239 g/mol. The van der Waals surface area contributed by atoms with Crippen molar-refractivity contribution < 1.29 is 4.21 Å². The molecule has 0 radical (unpaired) electrons. The SMILES string of the molecule is CNc1ncc(S(=O)c2ccccn2)s1. The molecule has 0 aromatic carbocycles. The van der Waals surface area contributed by atoms with Crippen LogP contribution < -0.4 is 5.32 Å². The van der Waals surface area contributed by atoms with E-state index in [1.54, 1.807) is 31.6 Å². The molecule has 15 heavy (non-hydrogen) atoms. The van der Waals surface area contributed by atoms with Gasteiger partial charge in [-0.2, -0.15) is 0 Å². The molecule has 2 aromatic rings. The van der Waals surface area contributed by atoms with Gasteiger partial charge in [-0.15, -0.1) is 0 Å². The Balaban J connectivity index is 2.29. The van der Waals surface area contributed by atoms with E-state index in [0.29, 0.717) is 9.24 Å². The van der Waals surface area contributed by atoms with Crippen LogP contribution >= 0.6 is 11.3 Å². The van der Waals surface area contributed by atoms with Gasteiger partial charge < -0.3 is 5.32 Å². The van der Waals surface area contributed by atoms with Gasteiger partial charge in [-0.1, -0.05) is 17.4 Å². The number of rotatable bonds is 3. The van der Waals surface area contributed by atoms with Crippen LogP contribution in [0, 0.1) is 0 Å². The van der Waals surface area contributed by atoms with Gasteiger partial charge in [0.05, 0.1) is 6.20 Å². The van der Waals surface area contributed by atoms with E-state index in [4.69, 9.17) is 0 Å².